The van der Waals surface area contributed by atoms with Gasteiger partial charge in [-0.05, 0) is 25.1 Å². The van der Waals surface area contributed by atoms with Crippen LogP contribution in [0.2, 0.25) is 5.02 Å². The first-order chi connectivity index (χ1) is 12.4. The molecule has 2 aromatic heterocycles. The maximum Gasteiger partial charge on any atom is 0.253 e. The fourth-order valence-corrected chi connectivity index (χ4v) is 2.71. The van der Waals surface area contributed by atoms with E-state index in [2.05, 4.69) is 20.3 Å². The highest BCUT2D eigenvalue weighted by atomic mass is 35.5. The Balaban J connectivity index is 1.97. The number of hydrogen-bond donors (Lipinski definition) is 2. The molecule has 0 aliphatic carbocycles. The van der Waals surface area contributed by atoms with Gasteiger partial charge in [0, 0.05) is 10.9 Å². The first-order valence-electron chi connectivity index (χ1n) is 7.53. The molecule has 0 radical (unpaired) electrons. The average molecular weight is 374 g/mol. The largest absolute Gasteiger partial charge is 0.480 e. The lowest BCUT2D eigenvalue weighted by atomic mass is 10.1. The van der Waals surface area contributed by atoms with Gasteiger partial charge in [-0.2, -0.15) is 10.2 Å². The number of nitriles is 1. The van der Waals surface area contributed by atoms with Gasteiger partial charge in [0.2, 0.25) is 11.8 Å². The summed E-state index contributed by atoms with van der Waals surface area (Å²) in [5, 5.41) is 12.4. The molecule has 1 aromatic carbocycles. The third kappa shape index (κ3) is 3.17. The summed E-state index contributed by atoms with van der Waals surface area (Å²) >= 11 is 5.90. The Hall–Kier alpha value is -3.18. The second-order valence-electron chi connectivity index (χ2n) is 5.47. The molecule has 3 rings (SSSR count). The summed E-state index contributed by atoms with van der Waals surface area (Å²) in [5.41, 5.74) is 0.424. The van der Waals surface area contributed by atoms with Gasteiger partial charge in [-0.3, -0.25) is 4.79 Å². The smallest absolute Gasteiger partial charge is 0.253 e. The second-order valence-corrected chi connectivity index (χ2v) is 5.85. The molecule has 3 aromatic rings. The van der Waals surface area contributed by atoms with Crippen molar-refractivity contribution in [1.29, 1.82) is 5.26 Å². The van der Waals surface area contributed by atoms with E-state index in [-0.39, 0.29) is 27.9 Å². The zero-order chi connectivity index (χ0) is 18.8. The van der Waals surface area contributed by atoms with E-state index in [1.54, 1.807) is 13.0 Å². The molecule has 0 fully saturated rings. The molecular formula is C17H13ClFN5O2. The molecule has 0 bridgehead atoms. The molecular weight excluding hydrogens is 361 g/mol. The van der Waals surface area contributed by atoms with E-state index in [0.717, 1.165) is 0 Å². The van der Waals surface area contributed by atoms with Crippen LogP contribution in [0.4, 0.5) is 10.3 Å². The van der Waals surface area contributed by atoms with Crippen LogP contribution in [0.1, 0.15) is 24.1 Å². The Labute approximate surface area is 152 Å². The number of nitrogens with one attached hydrogen (secondary N) is 2. The lowest BCUT2D eigenvalue weighted by Crippen LogP contribution is -2.20. The number of nitrogens with zero attached hydrogens (tertiary/aromatic N) is 3. The number of methoxy groups -OCH3 is 1. The van der Waals surface area contributed by atoms with E-state index < -0.39 is 17.4 Å². The van der Waals surface area contributed by atoms with Crippen LogP contribution in [0.15, 0.2) is 29.2 Å². The number of anilines is 1. The maximum atomic E-state index is 13.5. The molecule has 2 heterocycles. The molecule has 26 heavy (non-hydrogen) atoms. The molecule has 0 unspecified atom stereocenters. The molecule has 1 atom stereocenters. The van der Waals surface area contributed by atoms with E-state index >= 15 is 0 Å². The normalized spacial score (nSPS) is 11.8. The fraction of sp³-hybridized carbons (Fsp3) is 0.176. The Bertz CT molecular complexity index is 1090. The van der Waals surface area contributed by atoms with Crippen molar-refractivity contribution in [1.82, 2.24) is 15.0 Å². The second kappa shape index (κ2) is 6.98. The third-order valence-corrected chi connectivity index (χ3v) is 4.19. The van der Waals surface area contributed by atoms with Crippen LogP contribution in [0.3, 0.4) is 0 Å². The van der Waals surface area contributed by atoms with Gasteiger partial charge in [0.05, 0.1) is 24.9 Å². The number of benzene rings is 1. The Morgan fingerprint density at radius 2 is 2.23 bits per heavy atom. The molecule has 132 valence electrons. The van der Waals surface area contributed by atoms with E-state index in [4.69, 9.17) is 21.6 Å². The van der Waals surface area contributed by atoms with E-state index in [0.29, 0.717) is 10.9 Å². The number of pyridine rings is 1. The summed E-state index contributed by atoms with van der Waals surface area (Å²) < 4.78 is 18.6. The summed E-state index contributed by atoms with van der Waals surface area (Å²) in [4.78, 5) is 23.1. The minimum Gasteiger partial charge on any atom is -0.480 e. The summed E-state index contributed by atoms with van der Waals surface area (Å²) in [7, 11) is 1.40. The minimum absolute atomic E-state index is 0.131. The molecule has 2 N–H and O–H groups in total. The predicted octanol–water partition coefficient (Wildman–Crippen LogP) is 3.16. The lowest BCUT2D eigenvalue weighted by molar-refractivity contribution is 0.396. The topological polar surface area (TPSA) is 104 Å². The molecule has 0 spiro atoms. The van der Waals surface area contributed by atoms with Crippen molar-refractivity contribution < 1.29 is 9.13 Å². The van der Waals surface area contributed by atoms with Crippen molar-refractivity contribution >= 4 is 28.5 Å². The molecule has 0 aliphatic heterocycles. The average Bonchev–Trinajstić information content (AvgIpc) is 2.64. The number of ether oxygens (including phenoxy) is 1. The molecule has 9 heteroatoms. The van der Waals surface area contributed by atoms with Crippen LogP contribution in [0.5, 0.6) is 5.88 Å². The Morgan fingerprint density at radius 1 is 1.46 bits per heavy atom. The highest BCUT2D eigenvalue weighted by Gasteiger charge is 2.16. The summed E-state index contributed by atoms with van der Waals surface area (Å²) in [6.45, 7) is 1.75. The molecule has 0 saturated heterocycles. The van der Waals surface area contributed by atoms with Gasteiger partial charge in [-0.1, -0.05) is 11.6 Å². The van der Waals surface area contributed by atoms with Crippen molar-refractivity contribution in [2.24, 2.45) is 0 Å². The Morgan fingerprint density at radius 3 is 2.92 bits per heavy atom. The molecule has 0 aliphatic rings. The van der Waals surface area contributed by atoms with Crippen molar-refractivity contribution in [3.63, 3.8) is 0 Å². The predicted molar refractivity (Wildman–Crippen MR) is 94.9 cm³/mol. The SMILES string of the molecule is COc1nc(N[C@H](C)c2cc3ccc(F)c(Cl)c3[nH]c2=O)ncc1C#N. The molecule has 0 saturated carbocycles. The lowest BCUT2D eigenvalue weighted by Gasteiger charge is -2.15. The van der Waals surface area contributed by atoms with Crippen LogP contribution in [-0.2, 0) is 0 Å². The van der Waals surface area contributed by atoms with Gasteiger partial charge in [0.15, 0.2) is 0 Å². The van der Waals surface area contributed by atoms with Crippen molar-refractivity contribution in [2.45, 2.75) is 13.0 Å². The summed E-state index contributed by atoms with van der Waals surface area (Å²) in [5.74, 6) is -0.274. The number of aromatic amines is 1. The standard InChI is InChI=1S/C17H13ClFN5O2/c1-8(22-17-21-7-10(6-20)16(24-17)26-2)11-5-9-3-4-12(19)13(18)14(9)23-15(11)25/h3-5,7-8H,1-2H3,(H,23,25)(H,21,22,24)/t8-/m1/s1. The number of fused-ring (bicyclic) bond motifs is 1. The Kier molecular flexibility index (Phi) is 4.73. The van der Waals surface area contributed by atoms with E-state index in [1.165, 1.54) is 25.4 Å². The number of aromatic nitrogens is 3. The van der Waals surface area contributed by atoms with Crippen LogP contribution in [0, 0.1) is 17.1 Å². The van der Waals surface area contributed by atoms with Gasteiger partial charge in [0.25, 0.3) is 5.56 Å². The van der Waals surface area contributed by atoms with Crippen LogP contribution < -0.4 is 15.6 Å². The zero-order valence-electron chi connectivity index (χ0n) is 13.8. The van der Waals surface area contributed by atoms with Gasteiger partial charge in [-0.15, -0.1) is 0 Å². The van der Waals surface area contributed by atoms with Gasteiger partial charge in [-0.25, -0.2) is 9.37 Å². The van der Waals surface area contributed by atoms with Crippen molar-refractivity contribution in [2.75, 3.05) is 12.4 Å². The first-order valence-corrected chi connectivity index (χ1v) is 7.91. The number of rotatable bonds is 4. The number of hydrogen-bond acceptors (Lipinski definition) is 6. The first kappa shape index (κ1) is 17.6. The van der Waals surface area contributed by atoms with Crippen molar-refractivity contribution in [3.05, 3.63) is 56.7 Å². The molecule has 7 nitrogen and oxygen atoms in total. The number of halogens is 2. The quantitative estimate of drug-likeness (QED) is 0.728. The van der Waals surface area contributed by atoms with Gasteiger partial charge >= 0.3 is 0 Å². The highest BCUT2D eigenvalue weighted by molar-refractivity contribution is 6.35. The monoisotopic (exact) mass is 373 g/mol. The minimum atomic E-state index is -0.605. The molecule has 0 amide bonds. The van der Waals surface area contributed by atoms with Gasteiger partial charge < -0.3 is 15.0 Å². The zero-order valence-corrected chi connectivity index (χ0v) is 14.6. The highest BCUT2D eigenvalue weighted by Crippen LogP contribution is 2.26. The van der Waals surface area contributed by atoms with Crippen LogP contribution in [-0.4, -0.2) is 22.1 Å². The summed E-state index contributed by atoms with van der Waals surface area (Å²) in [6, 6.07) is 5.84. The van der Waals surface area contributed by atoms with E-state index in [9.17, 15) is 9.18 Å². The van der Waals surface area contributed by atoms with Gasteiger partial charge in [0.1, 0.15) is 22.5 Å². The summed E-state index contributed by atoms with van der Waals surface area (Å²) in [6.07, 6.45) is 1.33. The van der Waals surface area contributed by atoms with E-state index in [1.807, 2.05) is 6.07 Å². The van der Waals surface area contributed by atoms with Crippen LogP contribution in [0.25, 0.3) is 10.9 Å². The fourth-order valence-electron chi connectivity index (χ4n) is 2.49. The van der Waals surface area contributed by atoms with Crippen molar-refractivity contribution in [3.8, 4) is 11.9 Å². The van der Waals surface area contributed by atoms with Crippen LogP contribution >= 0.6 is 11.6 Å². The maximum absolute atomic E-state index is 13.5. The third-order valence-electron chi connectivity index (χ3n) is 3.82. The number of H-pyrrole nitrogens is 1.